The summed E-state index contributed by atoms with van der Waals surface area (Å²) in [6.45, 7) is -0.241. The molecule has 2 rings (SSSR count). The predicted molar refractivity (Wildman–Crippen MR) is 82.0 cm³/mol. The van der Waals surface area contributed by atoms with Crippen molar-refractivity contribution in [3.8, 4) is 5.75 Å². The fourth-order valence-corrected chi connectivity index (χ4v) is 3.03. The highest BCUT2D eigenvalue weighted by Gasteiger charge is 2.31. The van der Waals surface area contributed by atoms with Crippen molar-refractivity contribution in [2.75, 3.05) is 13.1 Å². The molecule has 140 valence electrons. The summed E-state index contributed by atoms with van der Waals surface area (Å²) in [5.41, 5.74) is 5.81. The van der Waals surface area contributed by atoms with Crippen LogP contribution in [0.1, 0.15) is 12.8 Å². The van der Waals surface area contributed by atoms with Crippen LogP contribution in [-0.2, 0) is 14.8 Å². The summed E-state index contributed by atoms with van der Waals surface area (Å²) >= 11 is 0. The van der Waals surface area contributed by atoms with Gasteiger partial charge in [0.05, 0.1) is 11.4 Å². The van der Waals surface area contributed by atoms with Crippen molar-refractivity contribution < 1.29 is 31.1 Å². The Kier molecular flexibility index (Phi) is 5.91. The second kappa shape index (κ2) is 7.58. The number of nitrogens with two attached hydrogens (primary N) is 1. The first-order valence-electron chi connectivity index (χ1n) is 7.44. The molecule has 1 aromatic rings. The molecule has 4 N–H and O–H groups in total. The van der Waals surface area contributed by atoms with Crippen LogP contribution >= 0.6 is 0 Å². The number of carbonyl (C=O) groups excluding carboxylic acids is 1. The molecule has 1 aliphatic carbocycles. The highest BCUT2D eigenvalue weighted by molar-refractivity contribution is 7.89. The van der Waals surface area contributed by atoms with Gasteiger partial charge in [-0.15, -0.1) is 13.2 Å². The van der Waals surface area contributed by atoms with E-state index in [1.165, 1.54) is 0 Å². The van der Waals surface area contributed by atoms with Crippen LogP contribution in [0.2, 0.25) is 0 Å². The van der Waals surface area contributed by atoms with Crippen LogP contribution in [0, 0.1) is 5.92 Å². The van der Waals surface area contributed by atoms with Crippen molar-refractivity contribution in [1.29, 1.82) is 0 Å². The van der Waals surface area contributed by atoms with Gasteiger partial charge in [-0.25, -0.2) is 13.1 Å². The first-order valence-corrected chi connectivity index (χ1v) is 8.93. The molecule has 0 heterocycles. The second-order valence-corrected chi connectivity index (χ2v) is 7.42. The summed E-state index contributed by atoms with van der Waals surface area (Å²) in [4.78, 5) is 11.4. The fourth-order valence-electron chi connectivity index (χ4n) is 2.05. The lowest BCUT2D eigenvalue weighted by Gasteiger charge is -2.12. The maximum absolute atomic E-state index is 12.1. The van der Waals surface area contributed by atoms with Gasteiger partial charge in [-0.05, 0) is 43.0 Å². The smallest absolute Gasteiger partial charge is 0.406 e. The summed E-state index contributed by atoms with van der Waals surface area (Å²) < 4.78 is 65.9. The number of sulfonamides is 1. The monoisotopic (exact) mass is 381 g/mol. The van der Waals surface area contributed by atoms with E-state index in [4.69, 9.17) is 5.73 Å². The van der Waals surface area contributed by atoms with Crippen molar-refractivity contribution in [3.63, 3.8) is 0 Å². The van der Waals surface area contributed by atoms with Crippen LogP contribution in [-0.4, -0.2) is 39.8 Å². The molecule has 1 saturated carbocycles. The van der Waals surface area contributed by atoms with Crippen LogP contribution < -0.4 is 20.5 Å². The van der Waals surface area contributed by atoms with Crippen LogP contribution in [0.3, 0.4) is 0 Å². The van der Waals surface area contributed by atoms with Gasteiger partial charge >= 0.3 is 6.36 Å². The highest BCUT2D eigenvalue weighted by atomic mass is 32.2. The number of hydrogen-bond donors (Lipinski definition) is 3. The molecular weight excluding hydrogens is 363 g/mol. The Morgan fingerprint density at radius 2 is 1.88 bits per heavy atom. The third-order valence-corrected chi connectivity index (χ3v) is 4.97. The van der Waals surface area contributed by atoms with Gasteiger partial charge in [0.1, 0.15) is 5.75 Å². The number of carbonyl (C=O) groups is 1. The van der Waals surface area contributed by atoms with Crippen molar-refractivity contribution in [1.82, 2.24) is 10.0 Å². The summed E-state index contributed by atoms with van der Waals surface area (Å²) in [5, 5.41) is 2.53. The number of ether oxygens (including phenoxy) is 1. The van der Waals surface area contributed by atoms with Crippen molar-refractivity contribution in [3.05, 3.63) is 24.3 Å². The Labute approximate surface area is 142 Å². The Hall–Kier alpha value is -1.85. The van der Waals surface area contributed by atoms with Gasteiger partial charge in [0, 0.05) is 12.6 Å². The lowest BCUT2D eigenvalue weighted by atomic mass is 10.2. The van der Waals surface area contributed by atoms with Gasteiger partial charge in [0.2, 0.25) is 15.9 Å². The van der Waals surface area contributed by atoms with E-state index in [-0.39, 0.29) is 17.5 Å². The van der Waals surface area contributed by atoms with Gasteiger partial charge in [0.25, 0.3) is 0 Å². The molecule has 25 heavy (non-hydrogen) atoms. The van der Waals surface area contributed by atoms with Gasteiger partial charge in [-0.1, -0.05) is 0 Å². The Morgan fingerprint density at radius 1 is 1.28 bits per heavy atom. The topological polar surface area (TPSA) is 111 Å². The number of benzene rings is 1. The van der Waals surface area contributed by atoms with E-state index in [2.05, 4.69) is 14.8 Å². The quantitative estimate of drug-likeness (QED) is 0.615. The lowest BCUT2D eigenvalue weighted by Crippen LogP contribution is -2.43. The highest BCUT2D eigenvalue weighted by Crippen LogP contribution is 2.31. The number of halogens is 3. The van der Waals surface area contributed by atoms with E-state index < -0.39 is 34.6 Å². The normalized spacial score (nSPS) is 16.3. The number of nitrogens with one attached hydrogen (secondary N) is 2. The van der Waals surface area contributed by atoms with E-state index in [0.717, 1.165) is 37.1 Å². The maximum atomic E-state index is 12.1. The first kappa shape index (κ1) is 19.5. The zero-order chi connectivity index (χ0) is 18.7. The molecular formula is C14H18F3N3O4S. The van der Waals surface area contributed by atoms with E-state index >= 15 is 0 Å². The molecule has 1 aliphatic rings. The van der Waals surface area contributed by atoms with E-state index in [1.807, 2.05) is 0 Å². The van der Waals surface area contributed by atoms with Gasteiger partial charge in [0.15, 0.2) is 0 Å². The average molecular weight is 381 g/mol. The van der Waals surface area contributed by atoms with Crippen molar-refractivity contribution >= 4 is 15.9 Å². The molecule has 0 aromatic heterocycles. The molecule has 0 bridgehead atoms. The van der Waals surface area contributed by atoms with Crippen LogP contribution in [0.15, 0.2) is 29.2 Å². The first-order chi connectivity index (χ1) is 11.6. The van der Waals surface area contributed by atoms with Gasteiger partial charge in [-0.2, -0.15) is 0 Å². The lowest BCUT2D eigenvalue weighted by molar-refractivity contribution is -0.274. The minimum atomic E-state index is -4.86. The Morgan fingerprint density at radius 3 is 2.40 bits per heavy atom. The maximum Gasteiger partial charge on any atom is 0.573 e. The van der Waals surface area contributed by atoms with Crippen LogP contribution in [0.4, 0.5) is 13.2 Å². The van der Waals surface area contributed by atoms with Crippen LogP contribution in [0.5, 0.6) is 5.75 Å². The molecule has 0 aliphatic heterocycles. The molecule has 1 fully saturated rings. The molecule has 1 amide bonds. The molecule has 11 heteroatoms. The summed E-state index contributed by atoms with van der Waals surface area (Å²) in [5.74, 6) is -0.690. The standard InChI is InChI=1S/C14H18F3N3O4S/c15-14(16,17)24-10-3-5-11(6-4-10)25(22,23)20-8-13(21)19-7-12(18)9-1-2-9/h3-6,9,12,20H,1-2,7-8,18H2,(H,19,21). The van der Waals surface area contributed by atoms with Crippen molar-refractivity contribution in [2.45, 2.75) is 30.1 Å². The minimum Gasteiger partial charge on any atom is -0.406 e. The SMILES string of the molecule is NC(CNC(=O)CNS(=O)(=O)c1ccc(OC(F)(F)F)cc1)C1CC1. The molecule has 1 atom stereocenters. The average Bonchev–Trinajstić information content (AvgIpc) is 3.34. The number of hydrogen-bond acceptors (Lipinski definition) is 5. The fraction of sp³-hybridized carbons (Fsp3) is 0.500. The summed E-state index contributed by atoms with van der Waals surface area (Å²) in [7, 11) is -4.04. The third-order valence-electron chi connectivity index (χ3n) is 3.55. The zero-order valence-electron chi connectivity index (χ0n) is 13.0. The van der Waals surface area contributed by atoms with E-state index in [1.54, 1.807) is 0 Å². The zero-order valence-corrected chi connectivity index (χ0v) is 13.9. The third kappa shape index (κ3) is 6.52. The second-order valence-electron chi connectivity index (χ2n) is 5.65. The molecule has 1 unspecified atom stereocenters. The van der Waals surface area contributed by atoms with Gasteiger partial charge < -0.3 is 15.8 Å². The number of rotatable bonds is 8. The summed E-state index contributed by atoms with van der Waals surface area (Å²) in [6.07, 6.45) is -2.81. The van der Waals surface area contributed by atoms with E-state index in [9.17, 15) is 26.4 Å². The summed E-state index contributed by atoms with van der Waals surface area (Å²) in [6, 6.07) is 3.49. The van der Waals surface area contributed by atoms with Gasteiger partial charge in [-0.3, -0.25) is 4.79 Å². The predicted octanol–water partition coefficient (Wildman–Crippen LogP) is 0.717. The molecule has 0 radical (unpaired) electrons. The molecule has 1 aromatic carbocycles. The Bertz CT molecular complexity index is 703. The molecule has 0 saturated heterocycles. The number of amides is 1. The van der Waals surface area contributed by atoms with Crippen LogP contribution in [0.25, 0.3) is 0 Å². The molecule has 7 nitrogen and oxygen atoms in total. The number of alkyl halides is 3. The van der Waals surface area contributed by atoms with E-state index in [0.29, 0.717) is 5.92 Å². The van der Waals surface area contributed by atoms with Crippen molar-refractivity contribution in [2.24, 2.45) is 11.7 Å². The molecule has 0 spiro atoms. The largest absolute Gasteiger partial charge is 0.573 e. The minimum absolute atomic E-state index is 0.151. The Balaban J connectivity index is 1.84.